The fraction of sp³-hybridized carbons (Fsp3) is 0.238. The number of hydrogen-bond donors (Lipinski definition) is 1. The molecular weight excluding hydrogens is 390 g/mol. The van der Waals surface area contributed by atoms with E-state index in [4.69, 9.17) is 4.42 Å². The highest BCUT2D eigenvalue weighted by molar-refractivity contribution is 7.89. The van der Waals surface area contributed by atoms with Crippen LogP contribution in [0.25, 0.3) is 16.7 Å². The van der Waals surface area contributed by atoms with Gasteiger partial charge in [-0.2, -0.15) is 4.31 Å². The summed E-state index contributed by atoms with van der Waals surface area (Å²) >= 11 is 0. The Morgan fingerprint density at radius 3 is 2.45 bits per heavy atom. The van der Waals surface area contributed by atoms with E-state index in [1.54, 1.807) is 36.4 Å². The lowest BCUT2D eigenvalue weighted by Gasteiger charge is -2.25. The largest absolute Gasteiger partial charge is 0.436 e. The van der Waals surface area contributed by atoms with Crippen molar-refractivity contribution in [2.24, 2.45) is 0 Å². The van der Waals surface area contributed by atoms with Gasteiger partial charge in [0.25, 0.3) is 0 Å². The highest BCUT2D eigenvalue weighted by Crippen LogP contribution is 2.23. The Balaban J connectivity index is 1.51. The van der Waals surface area contributed by atoms with Crippen LogP contribution in [0.3, 0.4) is 0 Å². The quantitative estimate of drug-likeness (QED) is 0.492. The number of aldehydes is 1. The van der Waals surface area contributed by atoms with E-state index >= 15 is 0 Å². The molecule has 0 radical (unpaired) electrons. The molecule has 1 N–H and O–H groups in total. The molecule has 0 atom stereocenters. The average Bonchev–Trinajstić information content (AvgIpc) is 3.19. The van der Waals surface area contributed by atoms with Crippen LogP contribution < -0.4 is 5.32 Å². The molecule has 1 aliphatic heterocycles. The first kappa shape index (κ1) is 19.4. The molecule has 0 unspecified atom stereocenters. The van der Waals surface area contributed by atoms with Crippen LogP contribution in [0.4, 0.5) is 5.69 Å². The van der Waals surface area contributed by atoms with Gasteiger partial charge in [-0.1, -0.05) is 18.6 Å². The van der Waals surface area contributed by atoms with Crippen molar-refractivity contribution < 1.29 is 17.6 Å². The van der Waals surface area contributed by atoms with E-state index in [2.05, 4.69) is 10.3 Å². The SMILES string of the molecule is O=C/C(=C\Nc1ccc(S(=O)(=O)N2CCCCC2)cc1)c1nc2ccccc2o1. The van der Waals surface area contributed by atoms with Crippen LogP contribution in [0.1, 0.15) is 25.2 Å². The summed E-state index contributed by atoms with van der Waals surface area (Å²) in [5.74, 6) is 0.220. The van der Waals surface area contributed by atoms with Gasteiger partial charge in [0.1, 0.15) is 5.52 Å². The van der Waals surface area contributed by atoms with Gasteiger partial charge in [-0.25, -0.2) is 13.4 Å². The summed E-state index contributed by atoms with van der Waals surface area (Å²) in [6, 6.07) is 13.7. The number of allylic oxidation sites excluding steroid dienone is 1. The molecule has 7 nitrogen and oxygen atoms in total. The number of benzene rings is 2. The van der Waals surface area contributed by atoms with Crippen LogP contribution in [0, 0.1) is 0 Å². The Morgan fingerprint density at radius 2 is 1.76 bits per heavy atom. The molecule has 1 aromatic heterocycles. The molecule has 29 heavy (non-hydrogen) atoms. The third kappa shape index (κ3) is 4.08. The van der Waals surface area contributed by atoms with Gasteiger partial charge >= 0.3 is 0 Å². The Hall–Kier alpha value is -2.97. The van der Waals surface area contributed by atoms with E-state index in [0.29, 0.717) is 36.2 Å². The number of carbonyl (C=O) groups is 1. The molecule has 2 aromatic carbocycles. The van der Waals surface area contributed by atoms with Crippen molar-refractivity contribution in [3.05, 3.63) is 60.6 Å². The predicted octanol–water partition coefficient (Wildman–Crippen LogP) is 3.65. The number of aromatic nitrogens is 1. The molecule has 0 aliphatic carbocycles. The second kappa shape index (κ2) is 8.18. The molecule has 1 aliphatic rings. The molecule has 1 fully saturated rings. The number of hydrogen-bond acceptors (Lipinski definition) is 6. The number of oxazole rings is 1. The molecule has 4 rings (SSSR count). The number of carbonyl (C=O) groups excluding carboxylic acids is 1. The van der Waals surface area contributed by atoms with Crippen LogP contribution in [0.15, 0.2) is 64.0 Å². The van der Waals surface area contributed by atoms with Gasteiger partial charge in [0.05, 0.1) is 10.5 Å². The lowest BCUT2D eigenvalue weighted by molar-refractivity contribution is -0.103. The van der Waals surface area contributed by atoms with Crippen molar-refractivity contribution in [3.63, 3.8) is 0 Å². The number of anilines is 1. The Bertz CT molecular complexity index is 1110. The van der Waals surface area contributed by atoms with Crippen molar-refractivity contribution in [3.8, 4) is 0 Å². The molecule has 0 spiro atoms. The van der Waals surface area contributed by atoms with Gasteiger partial charge in [-0.05, 0) is 49.2 Å². The molecule has 2 heterocycles. The number of fused-ring (bicyclic) bond motifs is 1. The van der Waals surface area contributed by atoms with Gasteiger partial charge in [-0.15, -0.1) is 0 Å². The molecule has 0 amide bonds. The molecular formula is C21H21N3O4S. The highest BCUT2D eigenvalue weighted by atomic mass is 32.2. The second-order valence-electron chi connectivity index (χ2n) is 6.84. The normalized spacial score (nSPS) is 16.1. The van der Waals surface area contributed by atoms with E-state index in [0.717, 1.165) is 19.3 Å². The minimum atomic E-state index is -3.46. The maximum atomic E-state index is 12.7. The van der Waals surface area contributed by atoms with Crippen molar-refractivity contribution in [1.82, 2.24) is 9.29 Å². The fourth-order valence-electron chi connectivity index (χ4n) is 3.28. The number of nitrogens with zero attached hydrogens (tertiary/aromatic N) is 2. The summed E-state index contributed by atoms with van der Waals surface area (Å²) in [7, 11) is -3.46. The molecule has 8 heteroatoms. The Kier molecular flexibility index (Phi) is 5.46. The third-order valence-corrected chi connectivity index (χ3v) is 6.78. The topological polar surface area (TPSA) is 92.5 Å². The highest BCUT2D eigenvalue weighted by Gasteiger charge is 2.25. The van der Waals surface area contributed by atoms with E-state index in [-0.39, 0.29) is 16.4 Å². The van der Waals surface area contributed by atoms with Crippen LogP contribution >= 0.6 is 0 Å². The summed E-state index contributed by atoms with van der Waals surface area (Å²) in [6.07, 6.45) is 5.01. The zero-order valence-electron chi connectivity index (χ0n) is 15.7. The number of sulfonamides is 1. The number of para-hydroxylation sites is 2. The number of rotatable bonds is 6. The predicted molar refractivity (Wildman–Crippen MR) is 111 cm³/mol. The third-order valence-electron chi connectivity index (χ3n) is 4.87. The number of nitrogens with one attached hydrogen (secondary N) is 1. The Labute approximate surface area is 169 Å². The lowest BCUT2D eigenvalue weighted by atomic mass is 10.2. The van der Waals surface area contributed by atoms with Gasteiger partial charge in [-0.3, -0.25) is 4.79 Å². The van der Waals surface area contributed by atoms with Gasteiger partial charge in [0, 0.05) is 25.0 Å². The zero-order chi connectivity index (χ0) is 20.3. The van der Waals surface area contributed by atoms with E-state index in [1.807, 2.05) is 12.1 Å². The monoisotopic (exact) mass is 411 g/mol. The standard InChI is InChI=1S/C21H21N3O4S/c25-15-16(21-23-19-6-2-3-7-20(19)28-21)14-22-17-8-10-18(11-9-17)29(26,27)24-12-4-1-5-13-24/h2-3,6-11,14-15,22H,1,4-5,12-13H2/b16-14+. The van der Waals surface area contributed by atoms with Crippen molar-refractivity contribution in [2.75, 3.05) is 18.4 Å². The summed E-state index contributed by atoms with van der Waals surface area (Å²) in [6.45, 7) is 1.14. The molecule has 1 saturated heterocycles. The lowest BCUT2D eigenvalue weighted by Crippen LogP contribution is -2.35. The Morgan fingerprint density at radius 1 is 1.03 bits per heavy atom. The average molecular weight is 411 g/mol. The summed E-state index contributed by atoms with van der Waals surface area (Å²) in [4.78, 5) is 16.0. The van der Waals surface area contributed by atoms with E-state index in [9.17, 15) is 13.2 Å². The van der Waals surface area contributed by atoms with E-state index in [1.165, 1.54) is 10.5 Å². The smallest absolute Gasteiger partial charge is 0.243 e. The number of piperidine rings is 1. The zero-order valence-corrected chi connectivity index (χ0v) is 16.6. The first-order chi connectivity index (χ1) is 14.1. The van der Waals surface area contributed by atoms with Crippen LogP contribution in [-0.2, 0) is 14.8 Å². The van der Waals surface area contributed by atoms with Crippen LogP contribution in [0.5, 0.6) is 0 Å². The summed E-state index contributed by atoms with van der Waals surface area (Å²) in [5, 5.41) is 2.99. The molecule has 3 aromatic rings. The molecule has 0 saturated carbocycles. The van der Waals surface area contributed by atoms with Crippen molar-refractivity contribution in [2.45, 2.75) is 24.2 Å². The maximum absolute atomic E-state index is 12.7. The molecule has 150 valence electrons. The van der Waals surface area contributed by atoms with Crippen molar-refractivity contribution >= 4 is 38.7 Å². The van der Waals surface area contributed by atoms with Gasteiger partial charge in [0.15, 0.2) is 11.9 Å². The maximum Gasteiger partial charge on any atom is 0.243 e. The van der Waals surface area contributed by atoms with E-state index < -0.39 is 10.0 Å². The second-order valence-corrected chi connectivity index (χ2v) is 8.78. The van der Waals surface area contributed by atoms with Crippen molar-refractivity contribution in [1.29, 1.82) is 0 Å². The first-order valence-corrected chi connectivity index (χ1v) is 10.9. The minimum Gasteiger partial charge on any atom is -0.436 e. The van der Waals surface area contributed by atoms with Gasteiger partial charge in [0.2, 0.25) is 15.9 Å². The summed E-state index contributed by atoms with van der Waals surface area (Å²) in [5.41, 5.74) is 2.18. The fourth-order valence-corrected chi connectivity index (χ4v) is 4.80. The van der Waals surface area contributed by atoms with Crippen LogP contribution in [-0.4, -0.2) is 37.1 Å². The van der Waals surface area contributed by atoms with Gasteiger partial charge < -0.3 is 9.73 Å². The molecule has 0 bridgehead atoms. The van der Waals surface area contributed by atoms with Crippen LogP contribution in [0.2, 0.25) is 0 Å². The summed E-state index contributed by atoms with van der Waals surface area (Å²) < 4.78 is 32.6. The minimum absolute atomic E-state index is 0.220. The first-order valence-electron chi connectivity index (χ1n) is 9.46.